The Bertz CT molecular complexity index is 739. The molecule has 230 valence electrons. The molecular formula is C33H57F5O. The van der Waals surface area contributed by atoms with Crippen LogP contribution in [0, 0.1) is 52.3 Å². The van der Waals surface area contributed by atoms with Gasteiger partial charge in [-0.05, 0) is 116 Å². The van der Waals surface area contributed by atoms with Gasteiger partial charge in [0.15, 0.2) is 0 Å². The first kappa shape index (κ1) is 33.1. The molecule has 0 saturated heterocycles. The lowest BCUT2D eigenvalue weighted by Gasteiger charge is -2.31. The van der Waals surface area contributed by atoms with Crippen LogP contribution >= 0.6 is 0 Å². The first-order valence-electron chi connectivity index (χ1n) is 16.0. The summed E-state index contributed by atoms with van der Waals surface area (Å²) in [6.45, 7) is 12.3. The van der Waals surface area contributed by atoms with Gasteiger partial charge < -0.3 is 4.74 Å². The third kappa shape index (κ3) is 9.57. The smallest absolute Gasteiger partial charge is 0.375 e. The minimum absolute atomic E-state index is 0.0161. The van der Waals surface area contributed by atoms with E-state index in [1.54, 1.807) is 0 Å². The fourth-order valence-corrected chi connectivity index (χ4v) is 8.93. The van der Waals surface area contributed by atoms with Gasteiger partial charge in [0.25, 0.3) is 0 Å². The minimum Gasteiger partial charge on any atom is -0.375 e. The van der Waals surface area contributed by atoms with Crippen LogP contribution in [0.3, 0.4) is 0 Å². The second-order valence-electron chi connectivity index (χ2n) is 15.8. The highest BCUT2D eigenvalue weighted by molar-refractivity contribution is 4.97. The normalized spacial score (nSPS) is 32.2. The van der Waals surface area contributed by atoms with Gasteiger partial charge in [-0.25, -0.2) is 0 Å². The molecule has 6 heteroatoms. The zero-order chi connectivity index (χ0) is 29.1. The third-order valence-electron chi connectivity index (χ3n) is 10.5. The van der Waals surface area contributed by atoms with Gasteiger partial charge in [-0.3, -0.25) is 0 Å². The maximum Gasteiger partial charge on any atom is 0.455 e. The van der Waals surface area contributed by atoms with Crippen molar-refractivity contribution in [3.8, 4) is 0 Å². The molecule has 1 nitrogen and oxygen atoms in total. The molecule has 3 saturated carbocycles. The first-order valence-corrected chi connectivity index (χ1v) is 16.0. The Morgan fingerprint density at radius 2 is 1.33 bits per heavy atom. The van der Waals surface area contributed by atoms with E-state index < -0.39 is 18.7 Å². The van der Waals surface area contributed by atoms with Crippen molar-refractivity contribution in [1.82, 2.24) is 0 Å². The molecule has 7 unspecified atom stereocenters. The van der Waals surface area contributed by atoms with E-state index in [0.717, 1.165) is 49.4 Å². The molecule has 7 atom stereocenters. The molecule has 0 aromatic carbocycles. The Balaban J connectivity index is 1.58. The van der Waals surface area contributed by atoms with Gasteiger partial charge in [-0.2, -0.15) is 22.0 Å². The Morgan fingerprint density at radius 3 is 1.95 bits per heavy atom. The van der Waals surface area contributed by atoms with Gasteiger partial charge in [0.2, 0.25) is 0 Å². The SMILES string of the molecule is CCCCCC(C)(C)CC1CC(CCC2CC(CC(C)(C)C)CC2COCC(F)(F)C(F)(F)F)C2CCCC12. The first-order chi connectivity index (χ1) is 18.0. The molecule has 0 heterocycles. The van der Waals surface area contributed by atoms with Crippen LogP contribution in [-0.4, -0.2) is 25.3 Å². The lowest BCUT2D eigenvalue weighted by atomic mass is 9.75. The quantitative estimate of drug-likeness (QED) is 0.151. The van der Waals surface area contributed by atoms with E-state index in [9.17, 15) is 22.0 Å². The lowest BCUT2D eigenvalue weighted by Crippen LogP contribution is -2.41. The molecule has 0 aromatic heterocycles. The van der Waals surface area contributed by atoms with Gasteiger partial charge in [0.1, 0.15) is 6.61 Å². The molecule has 0 aliphatic heterocycles. The number of unbranched alkanes of at least 4 members (excludes halogenated alkanes) is 2. The Kier molecular flexibility index (Phi) is 11.3. The largest absolute Gasteiger partial charge is 0.455 e. The number of hydrogen-bond donors (Lipinski definition) is 0. The van der Waals surface area contributed by atoms with Gasteiger partial charge in [0.05, 0.1) is 0 Å². The Morgan fingerprint density at radius 1 is 0.718 bits per heavy atom. The molecule has 0 radical (unpaired) electrons. The van der Waals surface area contributed by atoms with Gasteiger partial charge in [-0.1, -0.05) is 67.2 Å². The average Bonchev–Trinajstić information content (AvgIpc) is 3.47. The van der Waals surface area contributed by atoms with Crippen LogP contribution in [0.25, 0.3) is 0 Å². The standard InChI is InChI=1S/C33H57F5O/c1-7-8-9-15-31(5,6)20-26-18-25(28-11-10-12-29(26)28)14-13-24-16-23(19-30(2,3)4)17-27(24)21-39-22-32(34,35)33(36,37)38/h23-29H,7-22H2,1-6H3. The van der Waals surface area contributed by atoms with Crippen LogP contribution in [-0.2, 0) is 4.74 Å². The van der Waals surface area contributed by atoms with E-state index in [1.165, 1.54) is 64.2 Å². The van der Waals surface area contributed by atoms with Crippen molar-refractivity contribution in [2.45, 2.75) is 144 Å². The average molecular weight is 565 g/mol. The predicted molar refractivity (Wildman–Crippen MR) is 150 cm³/mol. The summed E-state index contributed by atoms with van der Waals surface area (Å²) < 4.78 is 70.0. The van der Waals surface area contributed by atoms with Crippen molar-refractivity contribution >= 4 is 0 Å². The van der Waals surface area contributed by atoms with Crippen LogP contribution in [0.4, 0.5) is 22.0 Å². The van der Waals surface area contributed by atoms with Crippen molar-refractivity contribution in [2.75, 3.05) is 13.2 Å². The highest BCUT2D eigenvalue weighted by Gasteiger charge is 2.57. The summed E-state index contributed by atoms with van der Waals surface area (Å²) in [4.78, 5) is 0. The van der Waals surface area contributed by atoms with Crippen molar-refractivity contribution in [2.24, 2.45) is 52.3 Å². The molecule has 3 rings (SSSR count). The number of rotatable bonds is 14. The number of ether oxygens (including phenoxy) is 1. The maximum atomic E-state index is 13.5. The van der Waals surface area contributed by atoms with Crippen molar-refractivity contribution in [3.63, 3.8) is 0 Å². The second kappa shape index (κ2) is 13.3. The third-order valence-corrected chi connectivity index (χ3v) is 10.5. The van der Waals surface area contributed by atoms with Crippen molar-refractivity contribution in [3.05, 3.63) is 0 Å². The predicted octanol–water partition coefficient (Wildman–Crippen LogP) is 11.1. The van der Waals surface area contributed by atoms with Crippen molar-refractivity contribution in [1.29, 1.82) is 0 Å². The van der Waals surface area contributed by atoms with E-state index in [4.69, 9.17) is 4.74 Å². The van der Waals surface area contributed by atoms with Crippen LogP contribution in [0.2, 0.25) is 0 Å². The minimum atomic E-state index is -5.56. The van der Waals surface area contributed by atoms with Gasteiger partial charge >= 0.3 is 12.1 Å². The van der Waals surface area contributed by atoms with E-state index >= 15 is 0 Å². The molecule has 0 N–H and O–H groups in total. The number of alkyl halides is 5. The summed E-state index contributed by atoms with van der Waals surface area (Å²) in [5.74, 6) is -0.600. The molecular weight excluding hydrogens is 507 g/mol. The van der Waals surface area contributed by atoms with Crippen molar-refractivity contribution < 1.29 is 26.7 Å². The van der Waals surface area contributed by atoms with Crippen LogP contribution in [0.1, 0.15) is 131 Å². The topological polar surface area (TPSA) is 9.23 Å². The molecule has 0 bridgehead atoms. The molecule has 3 fully saturated rings. The molecule has 3 aliphatic rings. The Labute approximate surface area is 235 Å². The molecule has 0 amide bonds. The summed E-state index contributed by atoms with van der Waals surface area (Å²) >= 11 is 0. The summed E-state index contributed by atoms with van der Waals surface area (Å²) in [6.07, 6.45) is 11.6. The number of hydrogen-bond acceptors (Lipinski definition) is 1. The zero-order valence-corrected chi connectivity index (χ0v) is 25.7. The second-order valence-corrected chi connectivity index (χ2v) is 15.8. The number of fused-ring (bicyclic) bond motifs is 1. The maximum absolute atomic E-state index is 13.5. The zero-order valence-electron chi connectivity index (χ0n) is 25.7. The van der Waals surface area contributed by atoms with Gasteiger partial charge in [-0.15, -0.1) is 0 Å². The summed E-state index contributed by atoms with van der Waals surface area (Å²) in [5, 5.41) is 0. The fraction of sp³-hybridized carbons (Fsp3) is 1.00. The van der Waals surface area contributed by atoms with E-state index in [2.05, 4.69) is 41.5 Å². The van der Waals surface area contributed by atoms with Crippen LogP contribution in [0.15, 0.2) is 0 Å². The fourth-order valence-electron chi connectivity index (χ4n) is 8.93. The van der Waals surface area contributed by atoms with Crippen LogP contribution < -0.4 is 0 Å². The molecule has 39 heavy (non-hydrogen) atoms. The van der Waals surface area contributed by atoms with Gasteiger partial charge in [0, 0.05) is 6.61 Å². The van der Waals surface area contributed by atoms with E-state index in [-0.39, 0.29) is 17.9 Å². The lowest BCUT2D eigenvalue weighted by molar-refractivity contribution is -0.297. The monoisotopic (exact) mass is 564 g/mol. The highest BCUT2D eigenvalue weighted by atomic mass is 19.4. The summed E-state index contributed by atoms with van der Waals surface area (Å²) in [5.41, 5.74) is 0.572. The van der Waals surface area contributed by atoms with Crippen LogP contribution in [0.5, 0.6) is 0 Å². The molecule has 0 spiro atoms. The van der Waals surface area contributed by atoms with E-state index in [1.807, 2.05) is 0 Å². The number of halogens is 5. The summed E-state index contributed by atoms with van der Waals surface area (Å²) in [7, 11) is 0. The summed E-state index contributed by atoms with van der Waals surface area (Å²) in [6, 6.07) is 0. The molecule has 3 aliphatic carbocycles. The van der Waals surface area contributed by atoms with E-state index in [0.29, 0.717) is 17.3 Å². The Hall–Kier alpha value is -0.390. The highest BCUT2D eigenvalue weighted by Crippen LogP contribution is 2.56. The molecule has 0 aromatic rings.